The first kappa shape index (κ1) is 13.9. The van der Waals surface area contributed by atoms with Gasteiger partial charge in [0.05, 0.1) is 5.92 Å². The molecule has 5 nitrogen and oxygen atoms in total. The molecule has 0 spiro atoms. The first-order valence-corrected chi connectivity index (χ1v) is 7.50. The Hall–Kier alpha value is -2.04. The number of carbonyl (C=O) groups excluding carboxylic acids is 1. The molecule has 1 saturated carbocycles. The number of nitrogens with one attached hydrogen (secondary N) is 2. The summed E-state index contributed by atoms with van der Waals surface area (Å²) in [5, 5.41) is 15.4. The van der Waals surface area contributed by atoms with Gasteiger partial charge in [-0.3, -0.25) is 9.59 Å². The monoisotopic (exact) mass is 288 g/mol. The van der Waals surface area contributed by atoms with Crippen molar-refractivity contribution in [3.05, 3.63) is 29.8 Å². The van der Waals surface area contributed by atoms with E-state index >= 15 is 0 Å². The number of rotatable bonds is 4. The van der Waals surface area contributed by atoms with Crippen LogP contribution in [0.5, 0.6) is 0 Å². The minimum absolute atomic E-state index is 0.0448. The number of carboxylic acid groups (broad SMARTS) is 1. The van der Waals surface area contributed by atoms with E-state index in [1.165, 1.54) is 5.56 Å². The molecular weight excluding hydrogens is 268 g/mol. The predicted octanol–water partition coefficient (Wildman–Crippen LogP) is 1.96. The maximum atomic E-state index is 12.2. The molecule has 1 aliphatic heterocycles. The second kappa shape index (κ2) is 5.76. The van der Waals surface area contributed by atoms with Crippen LogP contribution in [0.3, 0.4) is 0 Å². The number of carboxylic acids is 1. The summed E-state index contributed by atoms with van der Waals surface area (Å²) in [7, 11) is 0. The van der Waals surface area contributed by atoms with E-state index in [9.17, 15) is 9.59 Å². The van der Waals surface area contributed by atoms with E-state index < -0.39 is 11.9 Å². The smallest absolute Gasteiger partial charge is 0.308 e. The van der Waals surface area contributed by atoms with Gasteiger partial charge in [-0.05, 0) is 24.5 Å². The van der Waals surface area contributed by atoms with Crippen LogP contribution in [0.15, 0.2) is 24.3 Å². The number of hydrogen-bond donors (Lipinski definition) is 3. The zero-order valence-electron chi connectivity index (χ0n) is 11.8. The second-order valence-electron chi connectivity index (χ2n) is 5.92. The van der Waals surface area contributed by atoms with E-state index in [0.29, 0.717) is 12.8 Å². The summed E-state index contributed by atoms with van der Waals surface area (Å²) >= 11 is 0. The summed E-state index contributed by atoms with van der Waals surface area (Å²) in [5.74, 6) is -1.10. The van der Waals surface area contributed by atoms with Gasteiger partial charge in [-0.1, -0.05) is 24.6 Å². The Balaban J connectivity index is 1.59. The summed E-state index contributed by atoms with van der Waals surface area (Å²) in [6.07, 6.45) is 2.71. The van der Waals surface area contributed by atoms with Gasteiger partial charge in [0, 0.05) is 30.6 Å². The molecule has 3 atom stereocenters. The molecule has 5 heteroatoms. The Kier molecular flexibility index (Phi) is 3.82. The van der Waals surface area contributed by atoms with Crippen LogP contribution < -0.4 is 10.6 Å². The van der Waals surface area contributed by atoms with Crippen molar-refractivity contribution in [3.63, 3.8) is 0 Å². The third-order valence-corrected chi connectivity index (χ3v) is 4.55. The fourth-order valence-corrected chi connectivity index (χ4v) is 3.46. The lowest BCUT2D eigenvalue weighted by atomic mass is 9.97. The van der Waals surface area contributed by atoms with Gasteiger partial charge in [0.2, 0.25) is 5.91 Å². The van der Waals surface area contributed by atoms with Crippen molar-refractivity contribution in [2.45, 2.75) is 37.6 Å². The molecule has 112 valence electrons. The zero-order chi connectivity index (χ0) is 14.8. The van der Waals surface area contributed by atoms with E-state index in [4.69, 9.17) is 5.11 Å². The lowest BCUT2D eigenvalue weighted by Crippen LogP contribution is -2.40. The van der Waals surface area contributed by atoms with Crippen LogP contribution in [0.2, 0.25) is 0 Å². The molecule has 3 N–H and O–H groups in total. The number of amides is 1. The molecule has 1 aliphatic carbocycles. The number of para-hydroxylation sites is 1. The molecule has 1 aromatic rings. The maximum Gasteiger partial charge on any atom is 0.308 e. The van der Waals surface area contributed by atoms with Gasteiger partial charge in [0.25, 0.3) is 0 Å². The molecule has 0 bridgehead atoms. The summed E-state index contributed by atoms with van der Waals surface area (Å²) < 4.78 is 0. The predicted molar refractivity (Wildman–Crippen MR) is 79.2 cm³/mol. The van der Waals surface area contributed by atoms with Crippen molar-refractivity contribution in [2.24, 2.45) is 5.92 Å². The lowest BCUT2D eigenvalue weighted by Gasteiger charge is -2.19. The highest BCUT2D eigenvalue weighted by atomic mass is 16.4. The van der Waals surface area contributed by atoms with Crippen LogP contribution in [0, 0.1) is 5.92 Å². The minimum atomic E-state index is -0.800. The normalized spacial score (nSPS) is 27.0. The highest BCUT2D eigenvalue weighted by Crippen LogP contribution is 2.33. The van der Waals surface area contributed by atoms with Crippen LogP contribution in [0.25, 0.3) is 0 Å². The first-order chi connectivity index (χ1) is 10.1. The van der Waals surface area contributed by atoms with E-state index in [2.05, 4.69) is 10.6 Å². The van der Waals surface area contributed by atoms with Crippen molar-refractivity contribution < 1.29 is 14.7 Å². The van der Waals surface area contributed by atoms with Crippen LogP contribution in [-0.2, 0) is 9.59 Å². The van der Waals surface area contributed by atoms with Crippen LogP contribution in [-0.4, -0.2) is 29.6 Å². The molecule has 3 rings (SSSR count). The molecule has 3 unspecified atom stereocenters. The Labute approximate surface area is 123 Å². The number of benzene rings is 1. The van der Waals surface area contributed by atoms with Crippen molar-refractivity contribution in [3.8, 4) is 0 Å². The van der Waals surface area contributed by atoms with Crippen molar-refractivity contribution in [1.29, 1.82) is 0 Å². The van der Waals surface area contributed by atoms with Crippen LogP contribution in [0.1, 0.15) is 37.2 Å². The summed E-state index contributed by atoms with van der Waals surface area (Å²) in [4.78, 5) is 23.3. The summed E-state index contributed by atoms with van der Waals surface area (Å²) in [6.45, 7) is 0.764. The SMILES string of the molecule is O=C(CC1CNc2ccccc21)NC1CCCC1C(=O)O. The van der Waals surface area contributed by atoms with Gasteiger partial charge in [0.15, 0.2) is 0 Å². The Morgan fingerprint density at radius 3 is 2.90 bits per heavy atom. The molecule has 0 radical (unpaired) electrons. The number of aliphatic carboxylic acids is 1. The number of fused-ring (bicyclic) bond motifs is 1. The van der Waals surface area contributed by atoms with Crippen molar-refractivity contribution in [1.82, 2.24) is 5.32 Å². The standard InChI is InChI=1S/C16H20N2O3/c19-15(18-14-7-3-5-12(14)16(20)21)8-10-9-17-13-6-2-1-4-11(10)13/h1-2,4,6,10,12,14,17H,3,5,7-9H2,(H,18,19)(H,20,21). The van der Waals surface area contributed by atoms with Gasteiger partial charge >= 0.3 is 5.97 Å². The molecule has 0 aromatic heterocycles. The molecule has 1 amide bonds. The second-order valence-corrected chi connectivity index (χ2v) is 5.92. The Bertz CT molecular complexity index is 558. The lowest BCUT2D eigenvalue weighted by molar-refractivity contribution is -0.142. The fraction of sp³-hybridized carbons (Fsp3) is 0.500. The molecule has 1 heterocycles. The highest BCUT2D eigenvalue weighted by Gasteiger charge is 2.34. The highest BCUT2D eigenvalue weighted by molar-refractivity contribution is 5.80. The number of carbonyl (C=O) groups is 2. The molecule has 2 aliphatic rings. The average Bonchev–Trinajstić information content (AvgIpc) is 3.06. The van der Waals surface area contributed by atoms with Gasteiger partial charge in [-0.2, -0.15) is 0 Å². The van der Waals surface area contributed by atoms with Gasteiger partial charge < -0.3 is 15.7 Å². The third kappa shape index (κ3) is 2.86. The molecule has 1 aromatic carbocycles. The molecule has 1 fully saturated rings. The van der Waals surface area contributed by atoms with E-state index in [0.717, 1.165) is 25.1 Å². The summed E-state index contributed by atoms with van der Waals surface area (Å²) in [5.41, 5.74) is 2.27. The van der Waals surface area contributed by atoms with Crippen molar-refractivity contribution >= 4 is 17.6 Å². The zero-order valence-corrected chi connectivity index (χ0v) is 11.8. The van der Waals surface area contributed by atoms with Crippen molar-refractivity contribution in [2.75, 3.05) is 11.9 Å². The van der Waals surface area contributed by atoms with Gasteiger partial charge in [-0.25, -0.2) is 0 Å². The fourth-order valence-electron chi connectivity index (χ4n) is 3.46. The van der Waals surface area contributed by atoms with Gasteiger partial charge in [0.1, 0.15) is 0 Å². The number of anilines is 1. The molecule has 21 heavy (non-hydrogen) atoms. The van der Waals surface area contributed by atoms with Gasteiger partial charge in [-0.15, -0.1) is 0 Å². The first-order valence-electron chi connectivity index (χ1n) is 7.50. The van der Waals surface area contributed by atoms with E-state index in [1.807, 2.05) is 24.3 Å². The van der Waals surface area contributed by atoms with Crippen LogP contribution >= 0.6 is 0 Å². The maximum absolute atomic E-state index is 12.2. The number of hydrogen-bond acceptors (Lipinski definition) is 3. The minimum Gasteiger partial charge on any atom is -0.481 e. The quantitative estimate of drug-likeness (QED) is 0.791. The Morgan fingerprint density at radius 2 is 2.10 bits per heavy atom. The van der Waals surface area contributed by atoms with Crippen LogP contribution in [0.4, 0.5) is 5.69 Å². The largest absolute Gasteiger partial charge is 0.481 e. The summed E-state index contributed by atoms with van der Waals surface area (Å²) in [6, 6.07) is 7.81. The third-order valence-electron chi connectivity index (χ3n) is 4.55. The average molecular weight is 288 g/mol. The molecule has 0 saturated heterocycles. The topological polar surface area (TPSA) is 78.4 Å². The van der Waals surface area contributed by atoms with E-state index in [1.54, 1.807) is 0 Å². The Morgan fingerprint density at radius 1 is 1.29 bits per heavy atom. The van der Waals surface area contributed by atoms with E-state index in [-0.39, 0.29) is 17.9 Å². The molecular formula is C16H20N2O3.